The van der Waals surface area contributed by atoms with Gasteiger partial charge in [-0.15, -0.1) is 0 Å². The van der Waals surface area contributed by atoms with Gasteiger partial charge in [-0.05, 0) is 31.5 Å². The highest BCUT2D eigenvalue weighted by Gasteiger charge is 2.29. The first-order chi connectivity index (χ1) is 14.9. The molecule has 0 bridgehead atoms. The molecule has 0 saturated heterocycles. The van der Waals surface area contributed by atoms with Crippen molar-refractivity contribution in [2.24, 2.45) is 0 Å². The highest BCUT2D eigenvalue weighted by Crippen LogP contribution is 2.36. The fourth-order valence-electron chi connectivity index (χ4n) is 3.94. The minimum Gasteiger partial charge on any atom is -0.342 e. The average Bonchev–Trinajstić information content (AvgIpc) is 3.30. The molecule has 9 heteroatoms. The highest BCUT2D eigenvalue weighted by atomic mass is 16.2. The third kappa shape index (κ3) is 3.14. The van der Waals surface area contributed by atoms with Gasteiger partial charge in [-0.2, -0.15) is 5.10 Å². The third-order valence-electron chi connectivity index (χ3n) is 5.65. The number of likely N-dealkylation sites (N-methyl/N-ethyl adjacent to an activating group) is 1. The molecule has 9 nitrogen and oxygen atoms in total. The summed E-state index contributed by atoms with van der Waals surface area (Å²) in [7, 11) is 1.77. The molecule has 156 valence electrons. The molecule has 5 rings (SSSR count). The summed E-state index contributed by atoms with van der Waals surface area (Å²) in [6.07, 6.45) is 5.18. The molecule has 3 aromatic rings. The van der Waals surface area contributed by atoms with E-state index in [-0.39, 0.29) is 11.8 Å². The molecular weight excluding hydrogens is 394 g/mol. The van der Waals surface area contributed by atoms with Crippen molar-refractivity contribution in [1.82, 2.24) is 24.6 Å². The zero-order valence-electron chi connectivity index (χ0n) is 17.4. The van der Waals surface area contributed by atoms with Gasteiger partial charge in [0.2, 0.25) is 0 Å². The van der Waals surface area contributed by atoms with Crippen molar-refractivity contribution < 1.29 is 9.59 Å². The van der Waals surface area contributed by atoms with Crippen LogP contribution >= 0.6 is 0 Å². The van der Waals surface area contributed by atoms with E-state index in [4.69, 9.17) is 0 Å². The van der Waals surface area contributed by atoms with Crippen LogP contribution in [-0.4, -0.2) is 50.1 Å². The van der Waals surface area contributed by atoms with Crippen LogP contribution in [0.15, 0.2) is 42.5 Å². The normalized spacial score (nSPS) is 16.7. The maximum atomic E-state index is 12.7. The summed E-state index contributed by atoms with van der Waals surface area (Å²) in [5.41, 5.74) is 5.84. The molecule has 2 amide bonds. The van der Waals surface area contributed by atoms with Gasteiger partial charge < -0.3 is 15.5 Å². The fraction of sp³-hybridized carbons (Fsp3) is 0.227. The Hall–Kier alpha value is -4.01. The van der Waals surface area contributed by atoms with Gasteiger partial charge in [-0.25, -0.2) is 0 Å². The molecule has 0 aromatic carbocycles. The number of fused-ring (bicyclic) bond motifs is 2. The van der Waals surface area contributed by atoms with E-state index in [1.807, 2.05) is 26.0 Å². The lowest BCUT2D eigenvalue weighted by molar-refractivity contribution is -0.110. The zero-order valence-corrected chi connectivity index (χ0v) is 17.4. The van der Waals surface area contributed by atoms with Crippen molar-refractivity contribution in [2.45, 2.75) is 20.4 Å². The second-order valence-corrected chi connectivity index (χ2v) is 7.75. The molecule has 0 fully saturated rings. The van der Waals surface area contributed by atoms with E-state index in [0.717, 1.165) is 22.4 Å². The van der Waals surface area contributed by atoms with Gasteiger partial charge in [-0.1, -0.05) is 0 Å². The van der Waals surface area contributed by atoms with Gasteiger partial charge in [0.1, 0.15) is 5.69 Å². The van der Waals surface area contributed by atoms with Crippen LogP contribution in [0.4, 0.5) is 11.5 Å². The lowest BCUT2D eigenvalue weighted by Crippen LogP contribution is -2.37. The first-order valence-electron chi connectivity index (χ1n) is 9.96. The summed E-state index contributed by atoms with van der Waals surface area (Å²) in [6.45, 7) is 5.08. The zero-order chi connectivity index (χ0) is 21.7. The molecule has 2 N–H and O–H groups in total. The number of anilines is 2. The molecule has 31 heavy (non-hydrogen) atoms. The summed E-state index contributed by atoms with van der Waals surface area (Å²) in [5, 5.41) is 10.5. The number of nitrogens with one attached hydrogen (secondary N) is 2. The van der Waals surface area contributed by atoms with Gasteiger partial charge in [0, 0.05) is 48.9 Å². The summed E-state index contributed by atoms with van der Waals surface area (Å²) in [6, 6.07) is 5.54. The van der Waals surface area contributed by atoms with E-state index < -0.39 is 0 Å². The van der Waals surface area contributed by atoms with Crippen LogP contribution in [0.1, 0.15) is 28.5 Å². The Morgan fingerprint density at radius 3 is 2.81 bits per heavy atom. The number of nitrogens with zero attached hydrogens (tertiary/aromatic N) is 5. The smallest absolute Gasteiger partial charge is 0.272 e. The predicted octanol–water partition coefficient (Wildman–Crippen LogP) is 2.53. The minimum absolute atomic E-state index is 0.0661. The van der Waals surface area contributed by atoms with E-state index in [0.29, 0.717) is 41.6 Å². The Balaban J connectivity index is 1.52. The van der Waals surface area contributed by atoms with E-state index in [9.17, 15) is 9.59 Å². The molecule has 0 unspecified atom stereocenters. The van der Waals surface area contributed by atoms with Gasteiger partial charge in [-0.3, -0.25) is 24.2 Å². The third-order valence-corrected chi connectivity index (χ3v) is 5.65. The van der Waals surface area contributed by atoms with Gasteiger partial charge in [0.15, 0.2) is 5.82 Å². The molecular formula is C22H21N7O2. The number of amides is 2. The summed E-state index contributed by atoms with van der Waals surface area (Å²) in [5.74, 6) is 0.257. The molecule has 0 spiro atoms. The number of carbonyl (C=O) groups excluding carboxylic acids is 2. The van der Waals surface area contributed by atoms with Crippen molar-refractivity contribution in [3.8, 4) is 11.3 Å². The van der Waals surface area contributed by atoms with Crippen LogP contribution in [0.5, 0.6) is 0 Å². The quantitative estimate of drug-likeness (QED) is 0.637. The standard InChI is InChI=1S/C22H21N7O2/c1-12-4-5-23-10-15(12)16-8-14-17(11-24-16)26-21(30)20(14)13(2)25-19-9-18-22(31)28(3)6-7-29(18)27-19/h4-5,8-11H,6-7H2,1-3H3,(H,25,27)(H,26,30)/b20-13-. The average molecular weight is 415 g/mol. The van der Waals surface area contributed by atoms with Crippen molar-refractivity contribution in [3.05, 3.63) is 59.3 Å². The Bertz CT molecular complexity index is 1270. The van der Waals surface area contributed by atoms with Crippen LogP contribution in [0, 0.1) is 6.92 Å². The van der Waals surface area contributed by atoms with Crippen molar-refractivity contribution in [1.29, 1.82) is 0 Å². The maximum absolute atomic E-state index is 12.7. The molecule has 2 aliphatic heterocycles. The Labute approximate surface area is 178 Å². The monoisotopic (exact) mass is 415 g/mol. The van der Waals surface area contributed by atoms with Gasteiger partial charge in [0.25, 0.3) is 11.8 Å². The maximum Gasteiger partial charge on any atom is 0.272 e. The fourth-order valence-corrected chi connectivity index (χ4v) is 3.94. The van der Waals surface area contributed by atoms with Crippen molar-refractivity contribution >= 4 is 28.9 Å². The SMILES string of the molecule is C/C(Nc1cc2n(n1)CCN(C)C2=O)=C1/C(=O)Nc2cnc(-c3cnccc3C)cc21. The molecule has 0 aliphatic carbocycles. The Morgan fingerprint density at radius 2 is 2.00 bits per heavy atom. The molecule has 0 atom stereocenters. The lowest BCUT2D eigenvalue weighted by atomic mass is 10.0. The Kier molecular flexibility index (Phi) is 4.32. The van der Waals surface area contributed by atoms with E-state index in [1.54, 1.807) is 41.3 Å². The number of allylic oxidation sites excluding steroid dienone is 1. The second-order valence-electron chi connectivity index (χ2n) is 7.75. The molecule has 0 radical (unpaired) electrons. The number of rotatable bonds is 3. The highest BCUT2D eigenvalue weighted by molar-refractivity contribution is 6.32. The molecule has 2 aliphatic rings. The van der Waals surface area contributed by atoms with Crippen LogP contribution in [0.25, 0.3) is 16.8 Å². The summed E-state index contributed by atoms with van der Waals surface area (Å²) in [4.78, 5) is 35.4. The first-order valence-corrected chi connectivity index (χ1v) is 9.96. The van der Waals surface area contributed by atoms with Gasteiger partial charge in [0.05, 0.1) is 29.7 Å². The number of pyridine rings is 2. The second kappa shape index (κ2) is 7.05. The Morgan fingerprint density at radius 1 is 1.16 bits per heavy atom. The summed E-state index contributed by atoms with van der Waals surface area (Å²) >= 11 is 0. The van der Waals surface area contributed by atoms with Crippen LogP contribution in [-0.2, 0) is 11.3 Å². The predicted molar refractivity (Wildman–Crippen MR) is 116 cm³/mol. The van der Waals surface area contributed by atoms with E-state index in [1.165, 1.54) is 0 Å². The molecule has 0 saturated carbocycles. The van der Waals surface area contributed by atoms with Crippen LogP contribution in [0.2, 0.25) is 0 Å². The topological polar surface area (TPSA) is 105 Å². The largest absolute Gasteiger partial charge is 0.342 e. The number of hydrogen-bond acceptors (Lipinski definition) is 6. The van der Waals surface area contributed by atoms with Crippen molar-refractivity contribution in [2.75, 3.05) is 24.2 Å². The van der Waals surface area contributed by atoms with Crippen LogP contribution in [0.3, 0.4) is 0 Å². The summed E-state index contributed by atoms with van der Waals surface area (Å²) < 4.78 is 1.69. The first kappa shape index (κ1) is 19.0. The van der Waals surface area contributed by atoms with E-state index >= 15 is 0 Å². The lowest BCUT2D eigenvalue weighted by Gasteiger charge is -2.22. The van der Waals surface area contributed by atoms with Crippen LogP contribution < -0.4 is 10.6 Å². The van der Waals surface area contributed by atoms with Gasteiger partial charge >= 0.3 is 0 Å². The molecule has 3 aromatic heterocycles. The number of aryl methyl sites for hydroxylation is 1. The minimum atomic E-state index is -0.207. The van der Waals surface area contributed by atoms with E-state index in [2.05, 4.69) is 25.7 Å². The number of carbonyl (C=O) groups is 2. The number of aromatic nitrogens is 4. The number of hydrogen-bond donors (Lipinski definition) is 2. The molecule has 5 heterocycles. The van der Waals surface area contributed by atoms with Crippen molar-refractivity contribution in [3.63, 3.8) is 0 Å².